The van der Waals surface area contributed by atoms with Crippen LogP contribution in [0.3, 0.4) is 0 Å². The minimum Gasteiger partial charge on any atom is -0.480 e. The van der Waals surface area contributed by atoms with Crippen molar-refractivity contribution in [2.24, 2.45) is 0 Å². The van der Waals surface area contributed by atoms with Gasteiger partial charge in [-0.25, -0.2) is 0 Å². The molecule has 0 spiro atoms. The molecule has 1 rings (SSSR count). The summed E-state index contributed by atoms with van der Waals surface area (Å²) in [5.41, 5.74) is 0.717. The average molecular weight is 251 g/mol. The van der Waals surface area contributed by atoms with Crippen molar-refractivity contribution in [2.45, 2.75) is 13.0 Å². The zero-order chi connectivity index (χ0) is 13.5. The molecule has 0 aliphatic heterocycles. The Kier molecular flexibility index (Phi) is 5.32. The van der Waals surface area contributed by atoms with Crippen molar-refractivity contribution in [3.05, 3.63) is 35.9 Å². The second-order valence-electron chi connectivity index (χ2n) is 3.77. The van der Waals surface area contributed by atoms with Crippen LogP contribution in [0.2, 0.25) is 0 Å². The first kappa shape index (κ1) is 14.2. The normalized spacial score (nSPS) is 11.9. The van der Waals surface area contributed by atoms with E-state index in [0.717, 1.165) is 0 Å². The van der Waals surface area contributed by atoms with Gasteiger partial charge in [-0.2, -0.15) is 0 Å². The maximum Gasteiger partial charge on any atom is 0.323 e. The lowest BCUT2D eigenvalue weighted by Gasteiger charge is -2.24. The van der Waals surface area contributed by atoms with Crippen LogP contribution < -0.4 is 0 Å². The summed E-state index contributed by atoms with van der Waals surface area (Å²) >= 11 is 0. The number of amides is 1. The van der Waals surface area contributed by atoms with Crippen LogP contribution in [0.5, 0.6) is 0 Å². The molecule has 1 amide bonds. The molecule has 18 heavy (non-hydrogen) atoms. The minimum atomic E-state index is -1.03. The fraction of sp³-hybridized carbons (Fsp3) is 0.385. The Hall–Kier alpha value is -1.88. The van der Waals surface area contributed by atoms with Gasteiger partial charge in [0.2, 0.25) is 0 Å². The number of rotatable bonds is 6. The van der Waals surface area contributed by atoms with E-state index in [-0.39, 0.29) is 12.5 Å². The molecule has 0 fully saturated rings. The minimum absolute atomic E-state index is 0.317. The van der Waals surface area contributed by atoms with E-state index in [2.05, 4.69) is 0 Å². The van der Waals surface area contributed by atoms with E-state index >= 15 is 0 Å². The van der Waals surface area contributed by atoms with Crippen LogP contribution in [0.1, 0.15) is 18.6 Å². The number of carboxylic acid groups (broad SMARTS) is 1. The highest BCUT2D eigenvalue weighted by Gasteiger charge is 2.25. The molecule has 0 aliphatic carbocycles. The molecular formula is C13H17NO4. The van der Waals surface area contributed by atoms with Gasteiger partial charge in [0.05, 0.1) is 0 Å². The molecule has 0 radical (unpaired) electrons. The van der Waals surface area contributed by atoms with Crippen molar-refractivity contribution in [1.82, 2.24) is 4.90 Å². The third-order valence-corrected chi connectivity index (χ3v) is 2.58. The zero-order valence-electron chi connectivity index (χ0n) is 10.5. The number of ether oxygens (including phenoxy) is 1. The first-order valence-corrected chi connectivity index (χ1v) is 5.68. The zero-order valence-corrected chi connectivity index (χ0v) is 10.5. The summed E-state index contributed by atoms with van der Waals surface area (Å²) in [5, 5.41) is 8.75. The Balaban J connectivity index is 2.87. The van der Waals surface area contributed by atoms with Gasteiger partial charge in [0.1, 0.15) is 6.54 Å². The maximum atomic E-state index is 12.2. The summed E-state index contributed by atoms with van der Waals surface area (Å²) in [6, 6.07) is 9.01. The predicted octanol–water partition coefficient (Wildman–Crippen LogP) is 1.31. The first-order chi connectivity index (χ1) is 8.60. The number of methoxy groups -OCH3 is 1. The largest absolute Gasteiger partial charge is 0.480 e. The van der Waals surface area contributed by atoms with Gasteiger partial charge in [-0.15, -0.1) is 0 Å². The summed E-state index contributed by atoms with van der Waals surface area (Å²) in [4.78, 5) is 24.1. The summed E-state index contributed by atoms with van der Waals surface area (Å²) < 4.78 is 5.18. The lowest BCUT2D eigenvalue weighted by atomic mass is 10.1. The fourth-order valence-electron chi connectivity index (χ4n) is 1.68. The van der Waals surface area contributed by atoms with Crippen LogP contribution in [0.15, 0.2) is 30.3 Å². The SMILES string of the molecule is CCN(CC(=O)O)C(=O)[C@H](OC)c1ccccc1. The summed E-state index contributed by atoms with van der Waals surface area (Å²) in [7, 11) is 1.43. The Bertz CT molecular complexity index is 405. The molecule has 0 aliphatic rings. The number of benzene rings is 1. The molecule has 0 heterocycles. The quantitative estimate of drug-likeness (QED) is 0.827. The summed E-state index contributed by atoms with van der Waals surface area (Å²) in [6.07, 6.45) is -0.759. The van der Waals surface area contributed by atoms with Crippen LogP contribution in [0, 0.1) is 0 Å². The smallest absolute Gasteiger partial charge is 0.323 e. The molecule has 5 nitrogen and oxygen atoms in total. The topological polar surface area (TPSA) is 66.8 Å². The molecule has 0 unspecified atom stereocenters. The number of hydrogen-bond donors (Lipinski definition) is 1. The van der Waals surface area contributed by atoms with E-state index in [1.165, 1.54) is 12.0 Å². The third kappa shape index (κ3) is 3.56. The number of aliphatic carboxylic acids is 1. The van der Waals surface area contributed by atoms with Crippen molar-refractivity contribution in [1.29, 1.82) is 0 Å². The highest BCUT2D eigenvalue weighted by Crippen LogP contribution is 2.18. The highest BCUT2D eigenvalue weighted by atomic mass is 16.5. The van der Waals surface area contributed by atoms with Crippen LogP contribution in [0.25, 0.3) is 0 Å². The van der Waals surface area contributed by atoms with E-state index in [4.69, 9.17) is 9.84 Å². The Labute approximate surface area is 106 Å². The number of nitrogens with zero attached hydrogens (tertiary/aromatic N) is 1. The van der Waals surface area contributed by atoms with Gasteiger partial charge in [-0.3, -0.25) is 9.59 Å². The highest BCUT2D eigenvalue weighted by molar-refractivity contribution is 5.85. The number of carboxylic acids is 1. The lowest BCUT2D eigenvalue weighted by Crippen LogP contribution is -2.39. The van der Waals surface area contributed by atoms with Crippen LogP contribution >= 0.6 is 0 Å². The molecule has 0 aromatic heterocycles. The second kappa shape index (κ2) is 6.76. The number of hydrogen-bond acceptors (Lipinski definition) is 3. The molecule has 1 aromatic rings. The van der Waals surface area contributed by atoms with Gasteiger partial charge in [0, 0.05) is 13.7 Å². The molecule has 1 N–H and O–H groups in total. The molecule has 98 valence electrons. The molecule has 1 atom stereocenters. The monoisotopic (exact) mass is 251 g/mol. The van der Waals surface area contributed by atoms with Crippen molar-refractivity contribution < 1.29 is 19.4 Å². The Morgan fingerprint density at radius 1 is 1.33 bits per heavy atom. The fourth-order valence-corrected chi connectivity index (χ4v) is 1.68. The van der Waals surface area contributed by atoms with Gasteiger partial charge in [-0.05, 0) is 12.5 Å². The molecule has 5 heteroatoms. The molecule has 0 saturated carbocycles. The average Bonchev–Trinajstić information content (AvgIpc) is 2.37. The predicted molar refractivity (Wildman–Crippen MR) is 66.1 cm³/mol. The van der Waals surface area contributed by atoms with Crippen LogP contribution in [-0.4, -0.2) is 42.1 Å². The molecular weight excluding hydrogens is 234 g/mol. The molecule has 0 saturated heterocycles. The van der Waals surface area contributed by atoms with E-state index in [9.17, 15) is 9.59 Å². The Morgan fingerprint density at radius 3 is 2.39 bits per heavy atom. The molecule has 0 bridgehead atoms. The lowest BCUT2D eigenvalue weighted by molar-refractivity contribution is -0.149. The van der Waals surface area contributed by atoms with E-state index < -0.39 is 12.1 Å². The number of carbonyl (C=O) groups is 2. The van der Waals surface area contributed by atoms with E-state index in [1.807, 2.05) is 18.2 Å². The Morgan fingerprint density at radius 2 is 1.94 bits per heavy atom. The van der Waals surface area contributed by atoms with Gasteiger partial charge in [-0.1, -0.05) is 30.3 Å². The van der Waals surface area contributed by atoms with Crippen molar-refractivity contribution in [3.8, 4) is 0 Å². The number of likely N-dealkylation sites (N-methyl/N-ethyl adjacent to an activating group) is 1. The van der Waals surface area contributed by atoms with Gasteiger partial charge >= 0.3 is 5.97 Å². The van der Waals surface area contributed by atoms with Gasteiger partial charge in [0.25, 0.3) is 5.91 Å². The van der Waals surface area contributed by atoms with Gasteiger partial charge in [0.15, 0.2) is 6.10 Å². The van der Waals surface area contributed by atoms with Crippen molar-refractivity contribution in [2.75, 3.05) is 20.2 Å². The third-order valence-electron chi connectivity index (χ3n) is 2.58. The van der Waals surface area contributed by atoms with Crippen LogP contribution in [-0.2, 0) is 14.3 Å². The summed E-state index contributed by atoms with van der Waals surface area (Å²) in [6.45, 7) is 1.75. The van der Waals surface area contributed by atoms with Crippen molar-refractivity contribution >= 4 is 11.9 Å². The standard InChI is InChI=1S/C13H17NO4/c1-3-14(9-11(15)16)13(17)12(18-2)10-7-5-4-6-8-10/h4-8,12H,3,9H2,1-2H3,(H,15,16)/t12-/m1/s1. The first-order valence-electron chi connectivity index (χ1n) is 5.68. The summed E-state index contributed by atoms with van der Waals surface area (Å²) in [5.74, 6) is -1.37. The van der Waals surface area contributed by atoms with Gasteiger partial charge < -0.3 is 14.7 Å². The second-order valence-corrected chi connectivity index (χ2v) is 3.77. The van der Waals surface area contributed by atoms with Crippen LogP contribution in [0.4, 0.5) is 0 Å². The van der Waals surface area contributed by atoms with E-state index in [1.54, 1.807) is 19.1 Å². The van der Waals surface area contributed by atoms with Crippen molar-refractivity contribution in [3.63, 3.8) is 0 Å². The van der Waals surface area contributed by atoms with E-state index in [0.29, 0.717) is 12.1 Å². The number of carbonyl (C=O) groups excluding carboxylic acids is 1. The molecule has 1 aromatic carbocycles. The maximum absolute atomic E-state index is 12.2.